The third-order valence-corrected chi connectivity index (χ3v) is 5.46. The van der Waals surface area contributed by atoms with Gasteiger partial charge in [-0.05, 0) is 43.4 Å². The van der Waals surface area contributed by atoms with Crippen molar-refractivity contribution in [3.8, 4) is 0 Å². The van der Waals surface area contributed by atoms with Crippen molar-refractivity contribution in [1.29, 1.82) is 0 Å². The summed E-state index contributed by atoms with van der Waals surface area (Å²) in [5, 5.41) is 1.33. The molecule has 2 aliphatic rings. The van der Waals surface area contributed by atoms with E-state index in [1.807, 2.05) is 0 Å². The summed E-state index contributed by atoms with van der Waals surface area (Å²) in [4.78, 5) is 17.9. The Morgan fingerprint density at radius 1 is 1.40 bits per heavy atom. The number of hydrogen-bond acceptors (Lipinski definition) is 1. The van der Waals surface area contributed by atoms with Crippen molar-refractivity contribution < 1.29 is 4.79 Å². The topological polar surface area (TPSA) is 36.1 Å². The van der Waals surface area contributed by atoms with E-state index in [0.29, 0.717) is 18.2 Å². The Morgan fingerprint density at radius 2 is 2.20 bits per heavy atom. The number of aromatic nitrogens is 1. The molecular weight excluding hydrogens is 248 g/mol. The smallest absolute Gasteiger partial charge is 0.223 e. The second-order valence-corrected chi connectivity index (χ2v) is 6.58. The van der Waals surface area contributed by atoms with Crippen LogP contribution in [0.3, 0.4) is 0 Å². The maximum atomic E-state index is 12.2. The Labute approximate surface area is 119 Å². The van der Waals surface area contributed by atoms with E-state index in [2.05, 4.69) is 48.9 Å². The number of aromatic amines is 1. The van der Waals surface area contributed by atoms with E-state index in [0.717, 1.165) is 13.0 Å². The number of aryl methyl sites for hydroxylation is 1. The minimum absolute atomic E-state index is 0.155. The van der Waals surface area contributed by atoms with E-state index in [-0.39, 0.29) is 5.54 Å². The lowest BCUT2D eigenvalue weighted by Gasteiger charge is -2.42. The van der Waals surface area contributed by atoms with Crippen LogP contribution in [-0.4, -0.2) is 22.3 Å². The highest BCUT2D eigenvalue weighted by atomic mass is 16.2. The number of hydrogen-bond donors (Lipinski definition) is 1. The van der Waals surface area contributed by atoms with E-state index in [1.165, 1.54) is 27.7 Å². The molecule has 0 spiro atoms. The predicted octanol–water partition coefficient (Wildman–Crippen LogP) is 3.12. The van der Waals surface area contributed by atoms with Crippen LogP contribution in [0.15, 0.2) is 18.2 Å². The molecule has 4 rings (SSSR count). The summed E-state index contributed by atoms with van der Waals surface area (Å²) < 4.78 is 0. The molecule has 3 nitrogen and oxygen atoms in total. The Bertz CT molecular complexity index is 730. The van der Waals surface area contributed by atoms with Crippen LogP contribution in [0.25, 0.3) is 10.9 Å². The molecule has 2 atom stereocenters. The number of rotatable bonds is 0. The standard InChI is InChI=1S/C17H20N2O/c1-10-4-5-12-13-6-7-19-15(20)9-11(2)17(19,3)16(13)18-14(12)8-10/h4-5,8,11,18H,6-7,9H2,1-3H3/t11-,17-/m1/s1. The monoisotopic (exact) mass is 268 g/mol. The van der Waals surface area contributed by atoms with Crippen LogP contribution >= 0.6 is 0 Å². The molecule has 1 amide bonds. The number of amides is 1. The fourth-order valence-corrected chi connectivity index (χ4v) is 4.12. The molecule has 20 heavy (non-hydrogen) atoms. The maximum absolute atomic E-state index is 12.2. The molecule has 1 aromatic heterocycles. The number of carbonyl (C=O) groups is 1. The average Bonchev–Trinajstić information content (AvgIpc) is 2.87. The van der Waals surface area contributed by atoms with Crippen LogP contribution in [0.4, 0.5) is 0 Å². The van der Waals surface area contributed by atoms with Gasteiger partial charge in [-0.1, -0.05) is 19.1 Å². The molecule has 0 aliphatic carbocycles. The lowest BCUT2D eigenvalue weighted by molar-refractivity contribution is -0.131. The lowest BCUT2D eigenvalue weighted by atomic mass is 9.80. The average molecular weight is 268 g/mol. The molecule has 1 aromatic carbocycles. The zero-order chi connectivity index (χ0) is 14.1. The Morgan fingerprint density at radius 3 is 3.00 bits per heavy atom. The normalized spacial score (nSPS) is 28.9. The third-order valence-electron chi connectivity index (χ3n) is 5.46. The first-order chi connectivity index (χ1) is 9.51. The van der Waals surface area contributed by atoms with Crippen LogP contribution in [-0.2, 0) is 16.8 Å². The fraction of sp³-hybridized carbons (Fsp3) is 0.471. The van der Waals surface area contributed by atoms with Gasteiger partial charge in [0, 0.05) is 29.6 Å². The van der Waals surface area contributed by atoms with E-state index >= 15 is 0 Å². The molecule has 3 heteroatoms. The molecule has 0 saturated carbocycles. The van der Waals surface area contributed by atoms with E-state index in [9.17, 15) is 4.79 Å². The van der Waals surface area contributed by atoms with Crippen LogP contribution in [0.1, 0.15) is 37.1 Å². The van der Waals surface area contributed by atoms with Gasteiger partial charge in [0.1, 0.15) is 0 Å². The number of nitrogens with one attached hydrogen (secondary N) is 1. The van der Waals surface area contributed by atoms with Crippen molar-refractivity contribution in [2.24, 2.45) is 5.92 Å². The van der Waals surface area contributed by atoms with Gasteiger partial charge in [-0.2, -0.15) is 0 Å². The molecule has 2 aromatic rings. The number of fused-ring (bicyclic) bond motifs is 5. The molecule has 1 fully saturated rings. The van der Waals surface area contributed by atoms with Gasteiger partial charge in [-0.15, -0.1) is 0 Å². The number of benzene rings is 1. The zero-order valence-corrected chi connectivity index (χ0v) is 12.3. The summed E-state index contributed by atoms with van der Waals surface area (Å²) in [5.41, 5.74) is 5.01. The molecule has 1 saturated heterocycles. The molecule has 0 unspecified atom stereocenters. The molecule has 1 N–H and O–H groups in total. The van der Waals surface area contributed by atoms with E-state index in [1.54, 1.807) is 0 Å². The minimum atomic E-state index is -0.155. The maximum Gasteiger partial charge on any atom is 0.223 e. The van der Waals surface area contributed by atoms with Crippen LogP contribution in [0.5, 0.6) is 0 Å². The number of H-pyrrole nitrogens is 1. The highest BCUT2D eigenvalue weighted by Gasteiger charge is 2.52. The Balaban J connectivity index is 2.00. The van der Waals surface area contributed by atoms with E-state index < -0.39 is 0 Å². The molecule has 2 aliphatic heterocycles. The summed E-state index contributed by atoms with van der Waals surface area (Å²) in [6.45, 7) is 7.40. The summed E-state index contributed by atoms with van der Waals surface area (Å²) in [6, 6.07) is 6.61. The Hall–Kier alpha value is -1.77. The van der Waals surface area contributed by atoms with Gasteiger partial charge in [-0.25, -0.2) is 0 Å². The van der Waals surface area contributed by atoms with Crippen molar-refractivity contribution >= 4 is 16.8 Å². The van der Waals surface area contributed by atoms with Gasteiger partial charge in [0.25, 0.3) is 0 Å². The van der Waals surface area contributed by atoms with Crippen LogP contribution < -0.4 is 0 Å². The third kappa shape index (κ3) is 1.28. The fourth-order valence-electron chi connectivity index (χ4n) is 4.12. The second kappa shape index (κ2) is 3.66. The quantitative estimate of drug-likeness (QED) is 0.783. The van der Waals surface area contributed by atoms with Crippen molar-refractivity contribution in [3.05, 3.63) is 35.0 Å². The number of nitrogens with zero attached hydrogens (tertiary/aromatic N) is 1. The minimum Gasteiger partial charge on any atom is -0.356 e. The summed E-state index contributed by atoms with van der Waals surface area (Å²) in [5.74, 6) is 0.670. The van der Waals surface area contributed by atoms with Gasteiger partial charge < -0.3 is 9.88 Å². The molecule has 3 heterocycles. The summed E-state index contributed by atoms with van der Waals surface area (Å²) >= 11 is 0. The van der Waals surface area contributed by atoms with Crippen LogP contribution in [0.2, 0.25) is 0 Å². The lowest BCUT2D eigenvalue weighted by Crippen LogP contribution is -2.48. The first-order valence-corrected chi connectivity index (χ1v) is 7.44. The highest BCUT2D eigenvalue weighted by molar-refractivity contribution is 5.88. The second-order valence-electron chi connectivity index (χ2n) is 6.58. The van der Waals surface area contributed by atoms with E-state index in [4.69, 9.17) is 0 Å². The van der Waals surface area contributed by atoms with Crippen LogP contribution in [0, 0.1) is 12.8 Å². The van der Waals surface area contributed by atoms with Crippen molar-refractivity contribution in [3.63, 3.8) is 0 Å². The summed E-state index contributed by atoms with van der Waals surface area (Å²) in [6.07, 6.45) is 1.64. The first kappa shape index (κ1) is 12.0. The van der Waals surface area contributed by atoms with Gasteiger partial charge in [0.2, 0.25) is 5.91 Å². The van der Waals surface area contributed by atoms with Crippen molar-refractivity contribution in [2.45, 2.75) is 39.2 Å². The van der Waals surface area contributed by atoms with Crippen molar-refractivity contribution in [1.82, 2.24) is 9.88 Å². The van der Waals surface area contributed by atoms with Crippen molar-refractivity contribution in [2.75, 3.05) is 6.54 Å². The highest BCUT2D eigenvalue weighted by Crippen LogP contribution is 2.48. The van der Waals surface area contributed by atoms with Gasteiger partial charge in [-0.3, -0.25) is 4.79 Å². The van der Waals surface area contributed by atoms with Gasteiger partial charge in [0.05, 0.1) is 5.54 Å². The first-order valence-electron chi connectivity index (χ1n) is 7.44. The van der Waals surface area contributed by atoms with Gasteiger partial charge in [0.15, 0.2) is 0 Å². The zero-order valence-electron chi connectivity index (χ0n) is 12.3. The largest absolute Gasteiger partial charge is 0.356 e. The molecular formula is C17H20N2O. The molecule has 0 radical (unpaired) electrons. The Kier molecular flexibility index (Phi) is 2.20. The predicted molar refractivity (Wildman–Crippen MR) is 79.6 cm³/mol. The number of carbonyl (C=O) groups excluding carboxylic acids is 1. The summed E-state index contributed by atoms with van der Waals surface area (Å²) in [7, 11) is 0. The SMILES string of the molecule is Cc1ccc2c3c([nH]c2c1)[C@@]1(C)[C@H](C)CC(=O)N1CC3. The molecule has 0 bridgehead atoms. The van der Waals surface area contributed by atoms with Gasteiger partial charge >= 0.3 is 0 Å². The molecule has 104 valence electrons.